The van der Waals surface area contributed by atoms with Crippen molar-refractivity contribution < 1.29 is 9.21 Å². The summed E-state index contributed by atoms with van der Waals surface area (Å²) in [6.07, 6.45) is 4.88. The Balaban J connectivity index is 2.09. The fourth-order valence-corrected chi connectivity index (χ4v) is 1.17. The summed E-state index contributed by atoms with van der Waals surface area (Å²) in [6.45, 7) is 0. The van der Waals surface area contributed by atoms with Crippen LogP contribution >= 0.6 is 0 Å². The van der Waals surface area contributed by atoms with Gasteiger partial charge in [-0.2, -0.15) is 0 Å². The molecule has 0 aliphatic heterocycles. The Morgan fingerprint density at radius 2 is 2.50 bits per heavy atom. The maximum absolute atomic E-state index is 11.5. The number of Topliss-reactive ketones (excluding diaryl/α,β-unsaturated/α-hetero) is 1. The average Bonchev–Trinajstić information content (AvgIpc) is 2.75. The Labute approximate surface area is 80.3 Å². The molecule has 0 saturated heterocycles. The number of hydrogen-bond donors (Lipinski definition) is 0. The van der Waals surface area contributed by atoms with Gasteiger partial charge >= 0.3 is 0 Å². The number of furan rings is 1. The molecule has 0 saturated carbocycles. The lowest BCUT2D eigenvalue weighted by Crippen LogP contribution is -2.02. The first-order chi connectivity index (χ1) is 6.75. The Bertz CT molecular complexity index is 431. The number of hydrogen-bond acceptors (Lipinski definition) is 4. The average molecular weight is 191 g/mol. The molecule has 0 fully saturated rings. The second-order valence-corrected chi connectivity index (χ2v) is 3.00. The summed E-state index contributed by atoms with van der Waals surface area (Å²) in [5.41, 5.74) is 1.23. The van der Waals surface area contributed by atoms with E-state index in [1.54, 1.807) is 24.0 Å². The van der Waals surface area contributed by atoms with Gasteiger partial charge in [0, 0.05) is 13.2 Å². The van der Waals surface area contributed by atoms with E-state index in [1.807, 2.05) is 0 Å². The number of aryl methyl sites for hydroxylation is 1. The number of nitrogens with zero attached hydrogens (tertiary/aromatic N) is 3. The topological polar surface area (TPSA) is 60.9 Å². The van der Waals surface area contributed by atoms with E-state index in [0.29, 0.717) is 11.3 Å². The van der Waals surface area contributed by atoms with Gasteiger partial charge in [-0.15, -0.1) is 5.10 Å². The molecule has 0 amide bonds. The van der Waals surface area contributed by atoms with Gasteiger partial charge in [0.1, 0.15) is 6.26 Å². The largest absolute Gasteiger partial charge is 0.472 e. The van der Waals surface area contributed by atoms with Crippen molar-refractivity contribution in [3.8, 4) is 0 Å². The predicted octanol–water partition coefficient (Wildman–Crippen LogP) is 0.833. The van der Waals surface area contributed by atoms with Crippen LogP contribution in [-0.2, 0) is 13.5 Å². The molecule has 0 atom stereocenters. The molecule has 5 heteroatoms. The fraction of sp³-hybridized carbons (Fsp3) is 0.222. The molecule has 14 heavy (non-hydrogen) atoms. The molecular formula is C9H9N3O2. The van der Waals surface area contributed by atoms with E-state index in [1.165, 1.54) is 12.5 Å². The van der Waals surface area contributed by atoms with E-state index in [4.69, 9.17) is 4.42 Å². The zero-order valence-electron chi connectivity index (χ0n) is 7.67. The van der Waals surface area contributed by atoms with Crippen molar-refractivity contribution in [3.05, 3.63) is 36.0 Å². The van der Waals surface area contributed by atoms with Gasteiger partial charge in [0.25, 0.3) is 0 Å². The van der Waals surface area contributed by atoms with Crippen molar-refractivity contribution in [1.82, 2.24) is 15.0 Å². The van der Waals surface area contributed by atoms with Crippen molar-refractivity contribution >= 4 is 5.78 Å². The van der Waals surface area contributed by atoms with Gasteiger partial charge < -0.3 is 4.42 Å². The Morgan fingerprint density at radius 3 is 3.07 bits per heavy atom. The van der Waals surface area contributed by atoms with Crippen LogP contribution in [0.3, 0.4) is 0 Å². The minimum Gasteiger partial charge on any atom is -0.472 e. The summed E-state index contributed by atoms with van der Waals surface area (Å²) >= 11 is 0. The molecule has 72 valence electrons. The number of aromatic nitrogens is 3. The molecule has 0 bridgehead atoms. The van der Waals surface area contributed by atoms with E-state index in [-0.39, 0.29) is 12.2 Å². The maximum Gasteiger partial charge on any atom is 0.172 e. The lowest BCUT2D eigenvalue weighted by atomic mass is 10.1. The Kier molecular flexibility index (Phi) is 2.14. The first-order valence-corrected chi connectivity index (χ1v) is 4.16. The minimum absolute atomic E-state index is 0.0146. The van der Waals surface area contributed by atoms with Crippen molar-refractivity contribution in [1.29, 1.82) is 0 Å². The highest BCUT2D eigenvalue weighted by Gasteiger charge is 2.10. The van der Waals surface area contributed by atoms with E-state index in [9.17, 15) is 4.79 Å². The van der Waals surface area contributed by atoms with E-state index < -0.39 is 0 Å². The van der Waals surface area contributed by atoms with Crippen LogP contribution in [-0.4, -0.2) is 20.8 Å². The lowest BCUT2D eigenvalue weighted by Gasteiger charge is -1.91. The molecule has 0 aliphatic rings. The zero-order valence-corrected chi connectivity index (χ0v) is 7.67. The summed E-state index contributed by atoms with van der Waals surface area (Å²) in [4.78, 5) is 11.5. The third-order valence-corrected chi connectivity index (χ3v) is 1.83. The number of ketones is 1. The van der Waals surface area contributed by atoms with Crippen LogP contribution < -0.4 is 0 Å². The molecule has 0 spiro atoms. The molecule has 2 aromatic heterocycles. The van der Waals surface area contributed by atoms with Crippen molar-refractivity contribution in [2.24, 2.45) is 7.05 Å². The standard InChI is InChI=1S/C9H9N3O2/c1-12-5-8(10-11-12)4-9(13)7-2-3-14-6-7/h2-3,5-6H,4H2,1H3. The fourth-order valence-electron chi connectivity index (χ4n) is 1.17. The summed E-state index contributed by atoms with van der Waals surface area (Å²) in [5, 5.41) is 7.57. The Morgan fingerprint density at radius 1 is 1.64 bits per heavy atom. The van der Waals surface area contributed by atoms with Gasteiger partial charge in [-0.25, -0.2) is 0 Å². The summed E-state index contributed by atoms with van der Waals surface area (Å²) in [5.74, 6) is -0.0146. The minimum atomic E-state index is -0.0146. The van der Waals surface area contributed by atoms with E-state index in [2.05, 4.69) is 10.3 Å². The monoisotopic (exact) mass is 191 g/mol. The second kappa shape index (κ2) is 3.45. The Hall–Kier alpha value is -1.91. The van der Waals surface area contributed by atoms with Gasteiger partial charge in [0.05, 0.1) is 23.9 Å². The van der Waals surface area contributed by atoms with Crippen LogP contribution in [0.25, 0.3) is 0 Å². The smallest absolute Gasteiger partial charge is 0.172 e. The molecule has 2 aromatic rings. The molecule has 5 nitrogen and oxygen atoms in total. The number of rotatable bonds is 3. The zero-order chi connectivity index (χ0) is 9.97. The summed E-state index contributed by atoms with van der Waals surface area (Å²) in [7, 11) is 1.76. The molecule has 2 heterocycles. The molecular weight excluding hydrogens is 182 g/mol. The van der Waals surface area contributed by atoms with E-state index >= 15 is 0 Å². The molecule has 0 aromatic carbocycles. The highest BCUT2D eigenvalue weighted by atomic mass is 16.3. The second-order valence-electron chi connectivity index (χ2n) is 3.00. The SMILES string of the molecule is Cn1cc(CC(=O)c2ccoc2)nn1. The highest BCUT2D eigenvalue weighted by molar-refractivity contribution is 5.96. The first-order valence-electron chi connectivity index (χ1n) is 4.16. The van der Waals surface area contributed by atoms with Gasteiger partial charge in [-0.1, -0.05) is 5.21 Å². The van der Waals surface area contributed by atoms with Crippen LogP contribution in [0.5, 0.6) is 0 Å². The molecule has 0 aliphatic carbocycles. The summed E-state index contributed by atoms with van der Waals surface area (Å²) < 4.78 is 6.38. The molecule has 0 radical (unpaired) electrons. The van der Waals surface area contributed by atoms with Crippen LogP contribution in [0.4, 0.5) is 0 Å². The summed E-state index contributed by atoms with van der Waals surface area (Å²) in [6, 6.07) is 1.64. The van der Waals surface area contributed by atoms with Crippen molar-refractivity contribution in [2.75, 3.05) is 0 Å². The van der Waals surface area contributed by atoms with Gasteiger partial charge in [-0.3, -0.25) is 9.48 Å². The van der Waals surface area contributed by atoms with Crippen molar-refractivity contribution in [3.63, 3.8) is 0 Å². The van der Waals surface area contributed by atoms with E-state index in [0.717, 1.165) is 0 Å². The maximum atomic E-state index is 11.5. The van der Waals surface area contributed by atoms with Crippen LogP contribution in [0.15, 0.2) is 29.2 Å². The van der Waals surface area contributed by atoms with Crippen molar-refractivity contribution in [2.45, 2.75) is 6.42 Å². The van der Waals surface area contributed by atoms with Crippen LogP contribution in [0.2, 0.25) is 0 Å². The molecule has 2 rings (SSSR count). The molecule has 0 N–H and O–H groups in total. The number of carbonyl (C=O) groups excluding carboxylic acids is 1. The quantitative estimate of drug-likeness (QED) is 0.674. The molecule has 0 unspecified atom stereocenters. The third kappa shape index (κ3) is 1.71. The van der Waals surface area contributed by atoms with Crippen LogP contribution in [0.1, 0.15) is 16.1 Å². The lowest BCUT2D eigenvalue weighted by molar-refractivity contribution is 0.0991. The van der Waals surface area contributed by atoms with Gasteiger partial charge in [0.15, 0.2) is 5.78 Å². The van der Waals surface area contributed by atoms with Gasteiger partial charge in [0.2, 0.25) is 0 Å². The number of carbonyl (C=O) groups is 1. The van der Waals surface area contributed by atoms with Crippen LogP contribution in [0, 0.1) is 0 Å². The third-order valence-electron chi connectivity index (χ3n) is 1.83. The normalized spacial score (nSPS) is 10.4. The first kappa shape index (κ1) is 8.68. The predicted molar refractivity (Wildman–Crippen MR) is 47.7 cm³/mol. The van der Waals surface area contributed by atoms with Gasteiger partial charge in [-0.05, 0) is 6.07 Å². The highest BCUT2D eigenvalue weighted by Crippen LogP contribution is 2.05.